The van der Waals surface area contributed by atoms with Gasteiger partial charge in [-0.25, -0.2) is 4.79 Å². The highest BCUT2D eigenvalue weighted by Crippen LogP contribution is 2.43. The summed E-state index contributed by atoms with van der Waals surface area (Å²) in [4.78, 5) is 11.8. The maximum absolute atomic E-state index is 12.6. The fourth-order valence-electron chi connectivity index (χ4n) is 2.17. The van der Waals surface area contributed by atoms with Crippen molar-refractivity contribution in [1.29, 1.82) is 0 Å². The highest BCUT2D eigenvalue weighted by molar-refractivity contribution is 6.31. The molecule has 1 fully saturated rings. The lowest BCUT2D eigenvalue weighted by molar-refractivity contribution is -0.0496. The van der Waals surface area contributed by atoms with Crippen LogP contribution in [-0.4, -0.2) is 12.7 Å². The van der Waals surface area contributed by atoms with Crippen LogP contribution in [0.4, 0.5) is 19.3 Å². The Hall–Kier alpha value is -2.44. The predicted octanol–water partition coefficient (Wildman–Crippen LogP) is 3.75. The van der Waals surface area contributed by atoms with E-state index in [-0.39, 0.29) is 27.9 Å². The number of cyclic esters (lactones) is 1. The zero-order chi connectivity index (χ0) is 16.6. The third kappa shape index (κ3) is 3.04. The summed E-state index contributed by atoms with van der Waals surface area (Å²) in [5.41, 5.74) is -1.52. The summed E-state index contributed by atoms with van der Waals surface area (Å²) in [7, 11) is 0. The molecule has 7 heteroatoms. The number of terminal acetylenes is 1. The van der Waals surface area contributed by atoms with Gasteiger partial charge in [-0.05, 0) is 30.7 Å². The minimum absolute atomic E-state index is 0.0194. The number of carbonyl (C=O) groups is 1. The van der Waals surface area contributed by atoms with Gasteiger partial charge in [-0.3, -0.25) is 5.32 Å². The molecule has 0 saturated heterocycles. The number of hydrogen-bond donors (Lipinski definition) is 1. The van der Waals surface area contributed by atoms with E-state index in [1.165, 1.54) is 6.07 Å². The highest BCUT2D eigenvalue weighted by atomic mass is 35.5. The molecule has 0 bridgehead atoms. The molecule has 1 aliphatic heterocycles. The smallest absolute Gasteiger partial charge is 0.414 e. The van der Waals surface area contributed by atoms with Gasteiger partial charge in [0, 0.05) is 17.0 Å². The Balaban J connectivity index is 2.17. The van der Waals surface area contributed by atoms with Crippen molar-refractivity contribution in [2.45, 2.75) is 25.1 Å². The molecular formula is C16H10ClF2NO3. The number of halogens is 3. The van der Waals surface area contributed by atoms with E-state index in [2.05, 4.69) is 27.8 Å². The minimum atomic E-state index is -3.09. The first kappa shape index (κ1) is 15.5. The first-order valence-electron chi connectivity index (χ1n) is 6.73. The molecule has 23 heavy (non-hydrogen) atoms. The zero-order valence-electron chi connectivity index (χ0n) is 11.7. The minimum Gasteiger partial charge on any atom is -0.433 e. The average Bonchev–Trinajstić information content (AvgIpc) is 3.29. The van der Waals surface area contributed by atoms with Gasteiger partial charge >= 0.3 is 12.7 Å². The molecule has 0 aromatic heterocycles. The van der Waals surface area contributed by atoms with Crippen LogP contribution in [0, 0.1) is 30.1 Å². The number of nitrogens with one attached hydrogen (secondary N) is 1. The predicted molar refractivity (Wildman–Crippen MR) is 79.2 cm³/mol. The normalized spacial score (nSPS) is 22.1. The Labute approximate surface area is 136 Å². The van der Waals surface area contributed by atoms with E-state index in [1.807, 2.05) is 0 Å². The maximum atomic E-state index is 12.6. The van der Waals surface area contributed by atoms with Gasteiger partial charge in [0.2, 0.25) is 0 Å². The van der Waals surface area contributed by atoms with Crippen LogP contribution in [0.15, 0.2) is 12.1 Å². The van der Waals surface area contributed by atoms with Crippen molar-refractivity contribution in [2.24, 2.45) is 5.92 Å². The number of fused-ring (bicyclic) bond motifs is 1. The van der Waals surface area contributed by atoms with E-state index in [1.54, 1.807) is 0 Å². The Morgan fingerprint density at radius 1 is 1.48 bits per heavy atom. The number of benzene rings is 1. The summed E-state index contributed by atoms with van der Waals surface area (Å²) in [6.45, 7) is -3.09. The van der Waals surface area contributed by atoms with Crippen LogP contribution in [-0.2, 0) is 10.3 Å². The number of amides is 1. The molecule has 1 saturated carbocycles. The number of alkyl halides is 2. The summed E-state index contributed by atoms with van der Waals surface area (Å²) in [5, 5.41) is 2.42. The fourth-order valence-corrected chi connectivity index (χ4v) is 2.37. The second kappa shape index (κ2) is 5.64. The average molecular weight is 338 g/mol. The molecule has 1 amide bonds. The van der Waals surface area contributed by atoms with Crippen LogP contribution >= 0.6 is 11.6 Å². The van der Waals surface area contributed by atoms with E-state index in [4.69, 9.17) is 22.8 Å². The van der Waals surface area contributed by atoms with Gasteiger partial charge in [0.1, 0.15) is 0 Å². The fraction of sp³-hybridized carbons (Fsp3) is 0.312. The van der Waals surface area contributed by atoms with E-state index in [0.29, 0.717) is 0 Å². The van der Waals surface area contributed by atoms with Gasteiger partial charge in [0.05, 0.1) is 11.3 Å². The first-order chi connectivity index (χ1) is 10.9. The lowest BCUT2D eigenvalue weighted by Crippen LogP contribution is -2.37. The highest BCUT2D eigenvalue weighted by Gasteiger charge is 2.42. The third-order valence-electron chi connectivity index (χ3n) is 3.37. The van der Waals surface area contributed by atoms with Crippen molar-refractivity contribution in [3.05, 3.63) is 22.7 Å². The lowest BCUT2D eigenvalue weighted by Gasteiger charge is -2.31. The summed E-state index contributed by atoms with van der Waals surface area (Å²) in [6.07, 6.45) is 6.53. The largest absolute Gasteiger partial charge is 0.433 e. The van der Waals surface area contributed by atoms with E-state index >= 15 is 0 Å². The van der Waals surface area contributed by atoms with Crippen molar-refractivity contribution in [1.82, 2.24) is 0 Å². The molecule has 1 aromatic carbocycles. The number of anilines is 1. The van der Waals surface area contributed by atoms with Crippen molar-refractivity contribution in [3.8, 4) is 29.9 Å². The van der Waals surface area contributed by atoms with Gasteiger partial charge in [0.25, 0.3) is 5.60 Å². The molecule has 2 aliphatic rings. The monoisotopic (exact) mass is 337 g/mol. The SMILES string of the molecule is C#C[C@@]1(C#CC2CC2)OC(=O)Nc2c(OC(F)F)cc(Cl)cc21. The zero-order valence-corrected chi connectivity index (χ0v) is 12.4. The number of rotatable bonds is 2. The van der Waals surface area contributed by atoms with Gasteiger partial charge in [-0.2, -0.15) is 8.78 Å². The molecule has 4 nitrogen and oxygen atoms in total. The molecule has 1 aromatic rings. The summed E-state index contributed by atoms with van der Waals surface area (Å²) >= 11 is 5.95. The summed E-state index contributed by atoms with van der Waals surface area (Å²) < 4.78 is 34.8. The van der Waals surface area contributed by atoms with Crippen molar-refractivity contribution in [3.63, 3.8) is 0 Å². The second-order valence-electron chi connectivity index (χ2n) is 5.09. The first-order valence-corrected chi connectivity index (χ1v) is 7.10. The van der Waals surface area contributed by atoms with Crippen molar-refractivity contribution < 1.29 is 23.0 Å². The lowest BCUT2D eigenvalue weighted by atomic mass is 9.91. The van der Waals surface area contributed by atoms with Crippen LogP contribution in [0.2, 0.25) is 5.02 Å². The molecule has 1 heterocycles. The van der Waals surface area contributed by atoms with Crippen LogP contribution in [0.1, 0.15) is 18.4 Å². The molecular weight excluding hydrogens is 328 g/mol. The quantitative estimate of drug-likeness (QED) is 0.836. The Bertz CT molecular complexity index is 774. The number of ether oxygens (including phenoxy) is 2. The summed E-state index contributed by atoms with van der Waals surface area (Å²) in [6, 6.07) is 2.57. The molecule has 0 unspecified atom stereocenters. The molecule has 0 radical (unpaired) electrons. The van der Waals surface area contributed by atoms with E-state index < -0.39 is 18.3 Å². The maximum Gasteiger partial charge on any atom is 0.414 e. The molecule has 0 spiro atoms. The van der Waals surface area contributed by atoms with Gasteiger partial charge in [0.15, 0.2) is 5.75 Å². The van der Waals surface area contributed by atoms with Gasteiger partial charge < -0.3 is 9.47 Å². The molecule has 118 valence electrons. The van der Waals surface area contributed by atoms with Crippen molar-refractivity contribution in [2.75, 3.05) is 5.32 Å². The summed E-state index contributed by atoms with van der Waals surface area (Å²) in [5.74, 6) is 7.94. The number of hydrogen-bond acceptors (Lipinski definition) is 3. The van der Waals surface area contributed by atoms with Crippen LogP contribution < -0.4 is 10.1 Å². The second-order valence-corrected chi connectivity index (χ2v) is 5.53. The van der Waals surface area contributed by atoms with E-state index in [9.17, 15) is 13.6 Å². The molecule has 1 atom stereocenters. The van der Waals surface area contributed by atoms with Crippen LogP contribution in [0.25, 0.3) is 0 Å². The van der Waals surface area contributed by atoms with Crippen molar-refractivity contribution >= 4 is 23.4 Å². The van der Waals surface area contributed by atoms with E-state index in [0.717, 1.165) is 18.9 Å². The molecule has 1 aliphatic carbocycles. The molecule has 3 rings (SSSR count). The van der Waals surface area contributed by atoms with Gasteiger partial charge in [-0.1, -0.05) is 17.5 Å². The third-order valence-corrected chi connectivity index (χ3v) is 3.59. The topological polar surface area (TPSA) is 47.6 Å². The number of carbonyl (C=O) groups excluding carboxylic acids is 1. The Morgan fingerprint density at radius 2 is 2.22 bits per heavy atom. The molecule has 1 N–H and O–H groups in total. The van der Waals surface area contributed by atoms with Crippen LogP contribution in [0.5, 0.6) is 5.75 Å². The standard InChI is InChI=1S/C16H10ClF2NO3/c1-2-16(6-5-9-3-4-9)11-7-10(17)8-12(22-14(18)19)13(11)20-15(21)23-16/h1,7-9,14H,3-4H2,(H,20,21)/t16-/m0/s1. The van der Waals surface area contributed by atoms with Crippen LogP contribution in [0.3, 0.4) is 0 Å². The Kier molecular flexibility index (Phi) is 3.79. The van der Waals surface area contributed by atoms with Gasteiger partial charge in [-0.15, -0.1) is 6.42 Å². The Morgan fingerprint density at radius 3 is 2.83 bits per heavy atom.